The molecular weight excluding hydrogens is 350 g/mol. The second-order valence-electron chi connectivity index (χ2n) is 6.24. The summed E-state index contributed by atoms with van der Waals surface area (Å²) < 4.78 is 26.3. The first-order valence-corrected chi connectivity index (χ1v) is 10.2. The van der Waals surface area contributed by atoms with Gasteiger partial charge < -0.3 is 10.2 Å². The third kappa shape index (κ3) is 4.40. The highest BCUT2D eigenvalue weighted by atomic mass is 35.5. The quantitative estimate of drug-likeness (QED) is 0.818. The molecule has 0 spiro atoms. The van der Waals surface area contributed by atoms with E-state index < -0.39 is 10.0 Å². The van der Waals surface area contributed by atoms with Gasteiger partial charge in [0.25, 0.3) is 0 Å². The van der Waals surface area contributed by atoms with Crippen molar-refractivity contribution in [1.82, 2.24) is 9.62 Å². The van der Waals surface area contributed by atoms with Crippen LogP contribution in [0.3, 0.4) is 0 Å². The second-order valence-corrected chi connectivity index (χ2v) is 8.77. The Labute approximate surface area is 147 Å². The Morgan fingerprint density at radius 2 is 1.75 bits per heavy atom. The van der Waals surface area contributed by atoms with E-state index in [9.17, 15) is 13.2 Å². The van der Waals surface area contributed by atoms with Crippen molar-refractivity contribution in [1.29, 1.82) is 0 Å². The van der Waals surface area contributed by atoms with Crippen LogP contribution < -0.4 is 10.2 Å². The number of hydrogen-bond donors (Lipinski definition) is 1. The predicted octanol–water partition coefficient (Wildman–Crippen LogP) is 1.32. The first-order valence-electron chi connectivity index (χ1n) is 8.22. The van der Waals surface area contributed by atoms with Crippen molar-refractivity contribution in [3.8, 4) is 0 Å². The molecule has 6 nitrogen and oxygen atoms in total. The van der Waals surface area contributed by atoms with Crippen LogP contribution >= 0.6 is 11.6 Å². The van der Waals surface area contributed by atoms with Gasteiger partial charge >= 0.3 is 0 Å². The van der Waals surface area contributed by atoms with Gasteiger partial charge in [-0.2, -0.15) is 4.31 Å². The fourth-order valence-corrected chi connectivity index (χ4v) is 4.26. The molecule has 3 rings (SSSR count). The molecule has 0 bridgehead atoms. The third-order valence-corrected chi connectivity index (χ3v) is 6.56. The Kier molecular flexibility index (Phi) is 5.32. The monoisotopic (exact) mass is 371 g/mol. The van der Waals surface area contributed by atoms with E-state index >= 15 is 0 Å². The fourth-order valence-electron chi connectivity index (χ4n) is 2.80. The van der Waals surface area contributed by atoms with E-state index in [-0.39, 0.29) is 24.1 Å². The van der Waals surface area contributed by atoms with Gasteiger partial charge in [0.05, 0.1) is 5.75 Å². The topological polar surface area (TPSA) is 69.7 Å². The number of halogens is 1. The lowest BCUT2D eigenvalue weighted by atomic mass is 10.2. The summed E-state index contributed by atoms with van der Waals surface area (Å²) in [6, 6.07) is 7.56. The van der Waals surface area contributed by atoms with Crippen LogP contribution in [0.2, 0.25) is 5.02 Å². The fraction of sp³-hybridized carbons (Fsp3) is 0.562. The Morgan fingerprint density at radius 3 is 2.33 bits per heavy atom. The van der Waals surface area contributed by atoms with Crippen molar-refractivity contribution in [3.05, 3.63) is 29.3 Å². The summed E-state index contributed by atoms with van der Waals surface area (Å²) in [5.74, 6) is 0.0558. The van der Waals surface area contributed by atoms with Gasteiger partial charge in [-0.15, -0.1) is 0 Å². The van der Waals surface area contributed by atoms with Crippen molar-refractivity contribution in [2.45, 2.75) is 12.8 Å². The highest BCUT2D eigenvalue weighted by molar-refractivity contribution is 7.89. The molecule has 24 heavy (non-hydrogen) atoms. The molecule has 0 aromatic heterocycles. The standard InChI is InChI=1S/C16H22ClN3O3S/c17-14-3-5-15(6-4-14)19-8-10-20(11-9-19)24(22,23)12-7-18-16(21)13-1-2-13/h3-6,13H,1-2,7-12H2,(H,18,21). The van der Waals surface area contributed by atoms with Gasteiger partial charge in [-0.05, 0) is 37.1 Å². The second kappa shape index (κ2) is 7.29. The number of benzene rings is 1. The molecule has 1 saturated heterocycles. The molecule has 0 radical (unpaired) electrons. The molecule has 1 aliphatic carbocycles. The van der Waals surface area contributed by atoms with Gasteiger partial charge in [0.2, 0.25) is 15.9 Å². The zero-order chi connectivity index (χ0) is 17.2. The molecular formula is C16H22ClN3O3S. The SMILES string of the molecule is O=C(NCCS(=O)(=O)N1CCN(c2ccc(Cl)cc2)CC1)C1CC1. The minimum Gasteiger partial charge on any atom is -0.369 e. The van der Waals surface area contributed by atoms with Gasteiger partial charge in [-0.1, -0.05) is 11.6 Å². The van der Waals surface area contributed by atoms with Gasteiger partial charge in [0.1, 0.15) is 0 Å². The Morgan fingerprint density at radius 1 is 1.12 bits per heavy atom. The molecule has 0 unspecified atom stereocenters. The average Bonchev–Trinajstić information content (AvgIpc) is 3.40. The number of nitrogens with zero attached hydrogens (tertiary/aromatic N) is 2. The Balaban J connectivity index is 1.47. The lowest BCUT2D eigenvalue weighted by molar-refractivity contribution is -0.122. The zero-order valence-corrected chi connectivity index (χ0v) is 15.0. The molecule has 1 N–H and O–H groups in total. The number of rotatable bonds is 6. The van der Waals surface area contributed by atoms with Crippen molar-refractivity contribution < 1.29 is 13.2 Å². The Bertz CT molecular complexity index is 681. The number of hydrogen-bond acceptors (Lipinski definition) is 4. The molecule has 1 aliphatic heterocycles. The highest BCUT2D eigenvalue weighted by Crippen LogP contribution is 2.28. The van der Waals surface area contributed by atoms with Crippen molar-refractivity contribution in [3.63, 3.8) is 0 Å². The first kappa shape index (κ1) is 17.5. The molecule has 1 amide bonds. The van der Waals surface area contributed by atoms with Crippen LogP contribution in [-0.2, 0) is 14.8 Å². The molecule has 132 valence electrons. The number of piperazine rings is 1. The summed E-state index contributed by atoms with van der Waals surface area (Å²) in [7, 11) is -3.33. The minimum atomic E-state index is -3.33. The van der Waals surface area contributed by atoms with E-state index in [1.54, 1.807) is 0 Å². The maximum Gasteiger partial charge on any atom is 0.223 e. The maximum atomic E-state index is 12.4. The highest BCUT2D eigenvalue weighted by Gasteiger charge is 2.30. The van der Waals surface area contributed by atoms with E-state index in [1.807, 2.05) is 24.3 Å². The van der Waals surface area contributed by atoms with Gasteiger partial charge in [-0.3, -0.25) is 4.79 Å². The molecule has 1 saturated carbocycles. The summed E-state index contributed by atoms with van der Waals surface area (Å²) in [4.78, 5) is 13.7. The predicted molar refractivity (Wildman–Crippen MR) is 94.8 cm³/mol. The van der Waals surface area contributed by atoms with Crippen LogP contribution in [0, 0.1) is 5.92 Å². The molecule has 1 aromatic rings. The van der Waals surface area contributed by atoms with Crippen LogP contribution in [0.4, 0.5) is 5.69 Å². The summed E-state index contributed by atoms with van der Waals surface area (Å²) in [6.45, 7) is 2.41. The normalized spacial score (nSPS) is 19.3. The minimum absolute atomic E-state index is 0.0160. The van der Waals surface area contributed by atoms with Crippen molar-refractivity contribution >= 4 is 33.2 Å². The summed E-state index contributed by atoms with van der Waals surface area (Å²) in [5, 5.41) is 3.40. The van der Waals surface area contributed by atoms with Gasteiger partial charge in [0.15, 0.2) is 0 Å². The van der Waals surface area contributed by atoms with E-state index in [0.717, 1.165) is 18.5 Å². The molecule has 2 fully saturated rings. The van der Waals surface area contributed by atoms with Crippen molar-refractivity contribution in [2.24, 2.45) is 5.92 Å². The number of sulfonamides is 1. The van der Waals surface area contributed by atoms with E-state index in [4.69, 9.17) is 11.6 Å². The van der Waals surface area contributed by atoms with Gasteiger partial charge in [0, 0.05) is 49.4 Å². The number of carbonyl (C=O) groups excluding carboxylic acids is 1. The van der Waals surface area contributed by atoms with Crippen LogP contribution in [-0.4, -0.2) is 57.1 Å². The average molecular weight is 372 g/mol. The number of carbonyl (C=O) groups is 1. The van der Waals surface area contributed by atoms with E-state index in [2.05, 4.69) is 10.2 Å². The lowest BCUT2D eigenvalue weighted by Gasteiger charge is -2.35. The van der Waals surface area contributed by atoms with Crippen LogP contribution in [0.1, 0.15) is 12.8 Å². The Hall–Kier alpha value is -1.31. The largest absolute Gasteiger partial charge is 0.369 e. The smallest absolute Gasteiger partial charge is 0.223 e. The van der Waals surface area contributed by atoms with E-state index in [0.29, 0.717) is 31.2 Å². The maximum absolute atomic E-state index is 12.4. The van der Waals surface area contributed by atoms with Crippen LogP contribution in [0.15, 0.2) is 24.3 Å². The summed E-state index contributed by atoms with van der Waals surface area (Å²) in [5.41, 5.74) is 1.05. The van der Waals surface area contributed by atoms with Crippen molar-refractivity contribution in [2.75, 3.05) is 43.4 Å². The van der Waals surface area contributed by atoms with E-state index in [1.165, 1.54) is 4.31 Å². The van der Waals surface area contributed by atoms with Gasteiger partial charge in [-0.25, -0.2) is 8.42 Å². The number of anilines is 1. The molecule has 1 aromatic carbocycles. The number of amides is 1. The molecule has 1 heterocycles. The van der Waals surface area contributed by atoms with Crippen LogP contribution in [0.5, 0.6) is 0 Å². The summed E-state index contributed by atoms with van der Waals surface area (Å²) >= 11 is 5.89. The zero-order valence-electron chi connectivity index (χ0n) is 13.4. The molecule has 0 atom stereocenters. The van der Waals surface area contributed by atoms with Crippen LogP contribution in [0.25, 0.3) is 0 Å². The summed E-state index contributed by atoms with van der Waals surface area (Å²) in [6.07, 6.45) is 1.84. The third-order valence-electron chi connectivity index (χ3n) is 4.43. The lowest BCUT2D eigenvalue weighted by Crippen LogP contribution is -2.50. The molecule has 8 heteroatoms. The number of nitrogens with one attached hydrogen (secondary N) is 1. The first-order chi connectivity index (χ1) is 11.5. The molecule has 2 aliphatic rings.